The Hall–Kier alpha value is -0.850. The van der Waals surface area contributed by atoms with Crippen LogP contribution >= 0.6 is 0 Å². The van der Waals surface area contributed by atoms with Gasteiger partial charge in [0.2, 0.25) is 5.91 Å². The molecule has 0 heterocycles. The molecule has 1 amide bonds. The van der Waals surface area contributed by atoms with Gasteiger partial charge in [-0.15, -0.1) is 0 Å². The topological polar surface area (TPSA) is 135 Å². The largest absolute Gasteiger partial charge is 0.354 e. The molecule has 10 heteroatoms. The molecule has 1 rings (SSSR count). The number of hydrogen-bond acceptors (Lipinski definition) is 9. The molecule has 0 radical (unpaired) electrons. The average Bonchev–Trinajstić information content (AvgIpc) is 2.58. The molecule has 0 bridgehead atoms. The maximum atomic E-state index is 11.8. The van der Waals surface area contributed by atoms with E-state index >= 15 is 0 Å². The highest BCUT2D eigenvalue weighted by Gasteiger charge is 2.42. The van der Waals surface area contributed by atoms with E-state index in [0.717, 1.165) is 0 Å². The molecule has 0 spiro atoms. The van der Waals surface area contributed by atoms with Crippen LogP contribution < -0.4 is 5.32 Å². The third-order valence-corrected chi connectivity index (χ3v) is 2.71. The van der Waals surface area contributed by atoms with Gasteiger partial charge in [0.25, 0.3) is 0 Å². The first-order valence-electron chi connectivity index (χ1n) is 5.79. The summed E-state index contributed by atoms with van der Waals surface area (Å²) in [5.74, 6) is -0.725. The number of carbonyl (C=O) groups is 1. The van der Waals surface area contributed by atoms with E-state index in [0.29, 0.717) is 0 Å². The predicted octanol–water partition coefficient (Wildman–Crippen LogP) is -0.318. The van der Waals surface area contributed by atoms with Crippen LogP contribution in [-0.2, 0) is 14.5 Å². The van der Waals surface area contributed by atoms with Crippen LogP contribution in [0.2, 0.25) is 0 Å². The average molecular weight is 281 g/mol. The molecule has 0 saturated heterocycles. The summed E-state index contributed by atoms with van der Waals surface area (Å²) in [6.45, 7) is 3.61. The first kappa shape index (κ1) is 16.2. The van der Waals surface area contributed by atoms with Crippen molar-refractivity contribution in [3.8, 4) is 0 Å². The lowest BCUT2D eigenvalue weighted by Crippen LogP contribution is -2.35. The van der Waals surface area contributed by atoms with Crippen molar-refractivity contribution in [3.05, 3.63) is 0 Å². The lowest BCUT2D eigenvalue weighted by molar-refractivity contribution is -0.535. The monoisotopic (exact) mass is 281 g/mol. The third-order valence-electron chi connectivity index (χ3n) is 2.71. The SMILES string of the molecule is CC(C)NC(=O)[C@H]1C[C@H](ON(O)O)[C@H](ON(O)O)C1. The second kappa shape index (κ2) is 7.07. The summed E-state index contributed by atoms with van der Waals surface area (Å²) in [5.41, 5.74) is 0. The van der Waals surface area contributed by atoms with Gasteiger partial charge in [-0.25, -0.2) is 9.68 Å². The first-order chi connectivity index (χ1) is 8.79. The van der Waals surface area contributed by atoms with Crippen molar-refractivity contribution in [2.45, 2.75) is 44.9 Å². The minimum atomic E-state index is -0.903. The maximum Gasteiger partial charge on any atom is 0.223 e. The van der Waals surface area contributed by atoms with Crippen LogP contribution in [-0.4, -0.2) is 55.8 Å². The summed E-state index contributed by atoms with van der Waals surface area (Å²) in [7, 11) is 0. The van der Waals surface area contributed by atoms with Crippen molar-refractivity contribution in [1.82, 2.24) is 16.1 Å². The van der Waals surface area contributed by atoms with E-state index < -0.39 is 28.9 Å². The second-order valence-corrected chi connectivity index (χ2v) is 4.62. The van der Waals surface area contributed by atoms with Gasteiger partial charge in [-0.2, -0.15) is 0 Å². The van der Waals surface area contributed by atoms with E-state index in [2.05, 4.69) is 15.0 Å². The molecule has 10 nitrogen and oxygen atoms in total. The van der Waals surface area contributed by atoms with Crippen molar-refractivity contribution < 1.29 is 35.3 Å². The molecule has 0 aromatic rings. The quantitative estimate of drug-likeness (QED) is 0.415. The second-order valence-electron chi connectivity index (χ2n) is 4.62. The number of nitrogens with one attached hydrogen (secondary N) is 1. The van der Waals surface area contributed by atoms with Crippen LogP contribution in [0.15, 0.2) is 0 Å². The molecular formula is C9H19N3O7. The fourth-order valence-electron chi connectivity index (χ4n) is 2.04. The fraction of sp³-hybridized carbons (Fsp3) is 0.889. The maximum absolute atomic E-state index is 11.8. The van der Waals surface area contributed by atoms with Crippen molar-refractivity contribution in [1.29, 1.82) is 0 Å². The molecule has 3 atom stereocenters. The van der Waals surface area contributed by atoms with Gasteiger partial charge in [-0.1, -0.05) is 0 Å². The van der Waals surface area contributed by atoms with Gasteiger partial charge < -0.3 is 5.32 Å². The van der Waals surface area contributed by atoms with Crippen LogP contribution in [0, 0.1) is 5.92 Å². The molecule has 0 unspecified atom stereocenters. The van der Waals surface area contributed by atoms with E-state index in [1.807, 2.05) is 0 Å². The molecule has 1 aliphatic rings. The zero-order valence-corrected chi connectivity index (χ0v) is 10.6. The zero-order chi connectivity index (χ0) is 14.6. The van der Waals surface area contributed by atoms with Crippen LogP contribution in [0.5, 0.6) is 0 Å². The van der Waals surface area contributed by atoms with E-state index in [-0.39, 0.29) is 24.8 Å². The molecule has 112 valence electrons. The number of hydrogen-bond donors (Lipinski definition) is 5. The molecule has 1 aliphatic carbocycles. The number of rotatable bonds is 6. The molecular weight excluding hydrogens is 262 g/mol. The smallest absolute Gasteiger partial charge is 0.223 e. The van der Waals surface area contributed by atoms with Crippen molar-refractivity contribution in [2.24, 2.45) is 5.92 Å². The summed E-state index contributed by atoms with van der Waals surface area (Å²) in [5, 5.41) is 36.1. The van der Waals surface area contributed by atoms with Gasteiger partial charge in [0.05, 0.1) is 10.8 Å². The van der Waals surface area contributed by atoms with Crippen LogP contribution in [0.3, 0.4) is 0 Å². The molecule has 1 fully saturated rings. The fourth-order valence-corrected chi connectivity index (χ4v) is 2.04. The summed E-state index contributed by atoms with van der Waals surface area (Å²) in [4.78, 5) is 21.0. The Labute approximate surface area is 109 Å². The van der Waals surface area contributed by atoms with Gasteiger partial charge in [0.1, 0.15) is 12.2 Å². The van der Waals surface area contributed by atoms with Gasteiger partial charge >= 0.3 is 0 Å². The Balaban J connectivity index is 2.62. The Kier molecular flexibility index (Phi) is 6.03. The Morgan fingerprint density at radius 1 is 1.11 bits per heavy atom. The first-order valence-corrected chi connectivity index (χ1v) is 5.79. The summed E-state index contributed by atoms with van der Waals surface area (Å²) >= 11 is 0. The highest BCUT2D eigenvalue weighted by atomic mass is 17.1. The normalized spacial score (nSPS) is 27.5. The van der Waals surface area contributed by atoms with Crippen LogP contribution in [0.1, 0.15) is 26.7 Å². The van der Waals surface area contributed by atoms with Crippen molar-refractivity contribution in [3.63, 3.8) is 0 Å². The molecule has 1 saturated carbocycles. The van der Waals surface area contributed by atoms with Crippen molar-refractivity contribution in [2.75, 3.05) is 0 Å². The predicted molar refractivity (Wildman–Crippen MR) is 56.6 cm³/mol. The van der Waals surface area contributed by atoms with Gasteiger partial charge in [-0.3, -0.25) is 25.6 Å². The van der Waals surface area contributed by atoms with Crippen LogP contribution in [0.4, 0.5) is 0 Å². The lowest BCUT2D eigenvalue weighted by atomic mass is 10.1. The number of carbonyl (C=O) groups excluding carboxylic acids is 1. The third kappa shape index (κ3) is 5.34. The van der Waals surface area contributed by atoms with E-state index in [9.17, 15) is 4.79 Å². The van der Waals surface area contributed by atoms with Crippen molar-refractivity contribution >= 4 is 5.91 Å². The molecule has 0 aliphatic heterocycles. The van der Waals surface area contributed by atoms with Crippen LogP contribution in [0.25, 0.3) is 0 Å². The Bertz CT molecular complexity index is 282. The van der Waals surface area contributed by atoms with E-state index in [1.54, 1.807) is 13.8 Å². The highest BCUT2D eigenvalue weighted by molar-refractivity contribution is 5.79. The van der Waals surface area contributed by atoms with Gasteiger partial charge in [0, 0.05) is 12.0 Å². The lowest BCUT2D eigenvalue weighted by Gasteiger charge is -2.20. The number of amides is 1. The van der Waals surface area contributed by atoms with Gasteiger partial charge in [0.15, 0.2) is 0 Å². The molecule has 5 N–H and O–H groups in total. The summed E-state index contributed by atoms with van der Waals surface area (Å²) in [6, 6.07) is -0.0359. The summed E-state index contributed by atoms with van der Waals surface area (Å²) < 4.78 is 0. The molecule has 0 aromatic heterocycles. The van der Waals surface area contributed by atoms with E-state index in [1.165, 1.54) is 0 Å². The highest BCUT2D eigenvalue weighted by Crippen LogP contribution is 2.31. The Morgan fingerprint density at radius 2 is 1.53 bits per heavy atom. The minimum absolute atomic E-state index is 0.0359. The Morgan fingerprint density at radius 3 is 1.84 bits per heavy atom. The molecule has 19 heavy (non-hydrogen) atoms. The summed E-state index contributed by atoms with van der Waals surface area (Å²) in [6.07, 6.45) is -1.51. The minimum Gasteiger partial charge on any atom is -0.354 e. The van der Waals surface area contributed by atoms with E-state index in [4.69, 9.17) is 20.8 Å². The zero-order valence-electron chi connectivity index (χ0n) is 10.6. The molecule has 0 aromatic carbocycles. The number of nitrogens with zero attached hydrogens (tertiary/aromatic N) is 2. The standard InChI is InChI=1S/C9H19N3O7/c1-5(2)10-9(13)6-3-7(18-11(14)15)8(4-6)19-12(16)17/h5-8,14-17H,3-4H2,1-2H3,(H,10,13)/t6-,7-,8+. The van der Waals surface area contributed by atoms with Gasteiger partial charge in [-0.05, 0) is 26.7 Å².